The van der Waals surface area contributed by atoms with E-state index in [4.69, 9.17) is 0 Å². The fourth-order valence-corrected chi connectivity index (χ4v) is 12.7. The normalized spacial score (nSPS) is 13.1. The molecule has 12 aromatic rings. The zero-order chi connectivity index (χ0) is 59.8. The molecule has 0 spiro atoms. The summed E-state index contributed by atoms with van der Waals surface area (Å²) in [5, 5.41) is 10.1. The molecule has 12 rings (SSSR count). The molecule has 0 N–H and O–H groups in total. The molecule has 424 valence electrons. The van der Waals surface area contributed by atoms with Crippen LogP contribution in [0.5, 0.6) is 0 Å². The van der Waals surface area contributed by atoms with Crippen LogP contribution in [0.4, 0.5) is 17.1 Å². The van der Waals surface area contributed by atoms with Crippen LogP contribution in [-0.4, -0.2) is 4.57 Å². The number of hydrogen-bond donors (Lipinski definition) is 0. The summed E-state index contributed by atoms with van der Waals surface area (Å²) in [6, 6.07) is 75.4. The van der Waals surface area contributed by atoms with Crippen molar-refractivity contribution in [3.63, 3.8) is 0 Å². The molecule has 0 radical (unpaired) electrons. The van der Waals surface area contributed by atoms with E-state index >= 15 is 0 Å². The van der Waals surface area contributed by atoms with Gasteiger partial charge >= 0.3 is 0 Å². The van der Waals surface area contributed by atoms with Gasteiger partial charge in [-0.05, 0) is 176 Å². The van der Waals surface area contributed by atoms with Gasteiger partial charge < -0.3 is 9.47 Å². The van der Waals surface area contributed by atoms with Crippen LogP contribution < -0.4 is 4.90 Å². The van der Waals surface area contributed by atoms with E-state index in [0.29, 0.717) is 0 Å². The number of benzene rings is 11. The van der Waals surface area contributed by atoms with Gasteiger partial charge in [0, 0.05) is 32.8 Å². The zero-order valence-electron chi connectivity index (χ0n) is 53.4. The highest BCUT2D eigenvalue weighted by atomic mass is 15.1. The molecule has 0 aliphatic carbocycles. The Morgan fingerprint density at radius 1 is 0.274 bits per heavy atom. The number of hydrogen-bond acceptors (Lipinski definition) is 1. The van der Waals surface area contributed by atoms with Crippen LogP contribution in [0.3, 0.4) is 0 Å². The molecule has 0 aliphatic rings. The van der Waals surface area contributed by atoms with Crippen LogP contribution in [0.15, 0.2) is 194 Å². The Kier molecular flexibility index (Phi) is 13.4. The van der Waals surface area contributed by atoms with Crippen molar-refractivity contribution in [1.82, 2.24) is 4.57 Å². The van der Waals surface area contributed by atoms with Crippen LogP contribution >= 0.6 is 0 Å². The first-order valence-electron chi connectivity index (χ1n) is 30.6. The van der Waals surface area contributed by atoms with E-state index < -0.39 is 0 Å². The van der Waals surface area contributed by atoms with Crippen molar-refractivity contribution in [2.45, 2.75) is 157 Å². The molecule has 1 aromatic heterocycles. The molecule has 0 saturated carbocycles. The molecular weight excluding hydrogens is 1010 g/mol. The fraction of sp³-hybridized carbons (Fsp3) is 0.293. The standard InChI is InChI=1S/C82H86N2/c1-77(2,3)58-32-40-73-68(49-58)69-50-59(78(4,5)6)33-41-74(69)84(73)72-39-31-53-28-36-66-71(38-30-52-29-37-67(72)76(53)75(52)66)83(70-25-20-19-24-65(70)57-45-62(81(13,14)15)48-63(46-57)82(16,17)18)64-34-26-51(27-35-64)54-22-21-23-55(42-54)56-43-60(79(7,8)9)47-61(44-56)80(10,11)12/h19-50H,1-18H3. The summed E-state index contributed by atoms with van der Waals surface area (Å²) < 4.78 is 2.54. The minimum Gasteiger partial charge on any atom is -0.309 e. The zero-order valence-corrected chi connectivity index (χ0v) is 53.4. The summed E-state index contributed by atoms with van der Waals surface area (Å²) in [6.07, 6.45) is 0. The van der Waals surface area contributed by atoms with Crippen molar-refractivity contribution in [2.75, 3.05) is 4.90 Å². The van der Waals surface area contributed by atoms with E-state index in [1.165, 1.54) is 127 Å². The predicted molar refractivity (Wildman–Crippen MR) is 368 cm³/mol. The van der Waals surface area contributed by atoms with Gasteiger partial charge in [-0.3, -0.25) is 0 Å². The van der Waals surface area contributed by atoms with Gasteiger partial charge in [0.1, 0.15) is 0 Å². The smallest absolute Gasteiger partial charge is 0.0541 e. The molecular formula is C82H86N2. The minimum atomic E-state index is -0.0447. The lowest BCUT2D eigenvalue weighted by molar-refractivity contribution is 0.568. The van der Waals surface area contributed by atoms with Crippen LogP contribution in [0, 0.1) is 0 Å². The second-order valence-corrected chi connectivity index (χ2v) is 30.5. The Bertz CT molecular complexity index is 4380. The van der Waals surface area contributed by atoms with Crippen LogP contribution in [-0.2, 0) is 32.5 Å². The Balaban J connectivity index is 1.07. The van der Waals surface area contributed by atoms with E-state index in [2.05, 4.69) is 328 Å². The van der Waals surface area contributed by atoms with Gasteiger partial charge in [-0.15, -0.1) is 0 Å². The first-order chi connectivity index (χ1) is 39.4. The molecule has 2 nitrogen and oxygen atoms in total. The molecule has 84 heavy (non-hydrogen) atoms. The second kappa shape index (κ2) is 19.8. The number of nitrogens with zero attached hydrogens (tertiary/aromatic N) is 2. The van der Waals surface area contributed by atoms with Crippen LogP contribution in [0.2, 0.25) is 0 Å². The number of para-hydroxylation sites is 1. The first kappa shape index (κ1) is 56.5. The average molecular weight is 1100 g/mol. The number of fused-ring (bicyclic) bond motifs is 3. The van der Waals surface area contributed by atoms with E-state index in [9.17, 15) is 0 Å². The molecule has 11 aromatic carbocycles. The Morgan fingerprint density at radius 2 is 0.714 bits per heavy atom. The van der Waals surface area contributed by atoms with Crippen molar-refractivity contribution >= 4 is 71.2 Å². The number of anilines is 3. The summed E-state index contributed by atoms with van der Waals surface area (Å²) >= 11 is 0. The van der Waals surface area contributed by atoms with Gasteiger partial charge in [0.05, 0.1) is 28.1 Å². The SMILES string of the molecule is CC(C)(C)c1cc(-c2cccc(-c3ccc(N(c4ccccc4-c4cc(C(C)(C)C)cc(C(C)(C)C)c4)c4ccc5ccc6c(-n7c8ccc(C(C)(C)C)cc8c8cc(C(C)(C)C)ccc87)ccc7ccc4c5c76)cc3)c2)cc(C(C)(C)C)c1. The summed E-state index contributed by atoms with van der Waals surface area (Å²) in [6.45, 7) is 41.9. The predicted octanol–water partition coefficient (Wildman–Crippen LogP) is 23.9. The Hall–Kier alpha value is -7.94. The maximum absolute atomic E-state index is 2.54. The average Bonchev–Trinajstić information content (AvgIpc) is 1.35. The monoisotopic (exact) mass is 1100 g/mol. The van der Waals surface area contributed by atoms with Crippen LogP contribution in [0.25, 0.3) is 93.2 Å². The molecule has 0 atom stereocenters. The van der Waals surface area contributed by atoms with Crippen molar-refractivity contribution in [1.29, 1.82) is 0 Å². The Labute approximate surface area is 501 Å². The first-order valence-corrected chi connectivity index (χ1v) is 30.6. The van der Waals surface area contributed by atoms with Gasteiger partial charge in [-0.1, -0.05) is 258 Å². The summed E-state index contributed by atoms with van der Waals surface area (Å²) in [5.41, 5.74) is 22.4. The van der Waals surface area contributed by atoms with E-state index in [-0.39, 0.29) is 32.5 Å². The van der Waals surface area contributed by atoms with Crippen molar-refractivity contribution in [2.24, 2.45) is 0 Å². The van der Waals surface area contributed by atoms with E-state index in [1.54, 1.807) is 0 Å². The third-order valence-electron chi connectivity index (χ3n) is 18.0. The lowest BCUT2D eigenvalue weighted by Gasteiger charge is -2.31. The van der Waals surface area contributed by atoms with Crippen molar-refractivity contribution < 1.29 is 0 Å². The third kappa shape index (κ3) is 10.2. The lowest BCUT2D eigenvalue weighted by Crippen LogP contribution is -2.17. The molecule has 0 bridgehead atoms. The topological polar surface area (TPSA) is 8.17 Å². The number of aromatic nitrogens is 1. The van der Waals surface area contributed by atoms with E-state index in [1.807, 2.05) is 0 Å². The fourth-order valence-electron chi connectivity index (χ4n) is 12.7. The molecule has 2 heteroatoms. The summed E-state index contributed by atoms with van der Waals surface area (Å²) in [7, 11) is 0. The quantitative estimate of drug-likeness (QED) is 0.144. The van der Waals surface area contributed by atoms with E-state index in [0.717, 1.165) is 17.1 Å². The van der Waals surface area contributed by atoms with Gasteiger partial charge in [-0.2, -0.15) is 0 Å². The Morgan fingerprint density at radius 3 is 1.23 bits per heavy atom. The molecule has 0 fully saturated rings. The van der Waals surface area contributed by atoms with Crippen molar-refractivity contribution in [3.05, 3.63) is 228 Å². The van der Waals surface area contributed by atoms with Crippen molar-refractivity contribution in [3.8, 4) is 39.1 Å². The van der Waals surface area contributed by atoms with Gasteiger partial charge in [0.25, 0.3) is 0 Å². The second-order valence-electron chi connectivity index (χ2n) is 30.5. The minimum absolute atomic E-state index is 0.0136. The number of rotatable bonds is 7. The largest absolute Gasteiger partial charge is 0.309 e. The van der Waals surface area contributed by atoms with Gasteiger partial charge in [0.15, 0.2) is 0 Å². The van der Waals surface area contributed by atoms with Crippen LogP contribution in [0.1, 0.15) is 158 Å². The summed E-state index contributed by atoms with van der Waals surface area (Å²) in [4.78, 5) is 2.54. The molecule has 1 heterocycles. The highest BCUT2D eigenvalue weighted by Crippen LogP contribution is 2.49. The third-order valence-corrected chi connectivity index (χ3v) is 18.0. The molecule has 0 unspecified atom stereocenters. The van der Waals surface area contributed by atoms with Gasteiger partial charge in [0.2, 0.25) is 0 Å². The highest BCUT2D eigenvalue weighted by molar-refractivity contribution is 6.27. The van der Waals surface area contributed by atoms with Gasteiger partial charge in [-0.25, -0.2) is 0 Å². The maximum atomic E-state index is 2.54. The molecule has 0 amide bonds. The maximum Gasteiger partial charge on any atom is 0.0541 e. The molecule has 0 saturated heterocycles. The highest BCUT2D eigenvalue weighted by Gasteiger charge is 2.28. The summed E-state index contributed by atoms with van der Waals surface area (Å²) in [5.74, 6) is 0. The lowest BCUT2D eigenvalue weighted by atomic mass is 9.78. The molecule has 0 aliphatic heterocycles.